The summed E-state index contributed by atoms with van der Waals surface area (Å²) in [7, 11) is 5.07. The van der Waals surface area contributed by atoms with Crippen molar-refractivity contribution in [2.45, 2.75) is 38.6 Å². The van der Waals surface area contributed by atoms with Crippen LogP contribution in [0.15, 0.2) is 30.3 Å². The quantitative estimate of drug-likeness (QED) is 0.494. The molecule has 0 bridgehead atoms. The third kappa shape index (κ3) is 4.10. The van der Waals surface area contributed by atoms with Crippen LogP contribution in [0.5, 0.6) is 17.4 Å². The van der Waals surface area contributed by atoms with Crippen LogP contribution in [0.3, 0.4) is 0 Å². The normalized spacial score (nSPS) is 16.7. The van der Waals surface area contributed by atoms with Crippen LogP contribution < -0.4 is 19.1 Å². The highest BCUT2D eigenvalue weighted by atomic mass is 16.5. The van der Waals surface area contributed by atoms with Crippen molar-refractivity contribution < 1.29 is 18.9 Å². The smallest absolute Gasteiger partial charge is 0.257 e. The number of pyridine rings is 1. The molecule has 0 amide bonds. The molecule has 3 heterocycles. The molecule has 33 heavy (non-hydrogen) atoms. The average molecular weight is 452 g/mol. The highest BCUT2D eigenvalue weighted by molar-refractivity contribution is 5.83. The summed E-state index contributed by atoms with van der Waals surface area (Å²) >= 11 is 0. The number of nitrogens with zero attached hydrogens (tertiary/aromatic N) is 3. The Morgan fingerprint density at radius 3 is 2.48 bits per heavy atom. The Kier molecular flexibility index (Phi) is 6.06. The van der Waals surface area contributed by atoms with Gasteiger partial charge in [-0.2, -0.15) is 0 Å². The number of hydrogen-bond donors (Lipinski definition) is 0. The Hall–Kier alpha value is -2.93. The van der Waals surface area contributed by atoms with Gasteiger partial charge in [-0.1, -0.05) is 6.07 Å². The molecule has 3 aromatic rings. The van der Waals surface area contributed by atoms with E-state index in [1.165, 1.54) is 12.8 Å². The summed E-state index contributed by atoms with van der Waals surface area (Å²) in [5, 5.41) is 4.94. The van der Waals surface area contributed by atoms with Crippen molar-refractivity contribution in [3.8, 4) is 28.6 Å². The van der Waals surface area contributed by atoms with Crippen LogP contribution in [0.1, 0.15) is 31.2 Å². The predicted molar refractivity (Wildman–Crippen MR) is 129 cm³/mol. The fourth-order valence-corrected chi connectivity index (χ4v) is 4.96. The van der Waals surface area contributed by atoms with E-state index >= 15 is 0 Å². The SMILES string of the molecule is COc1cc(C)c(-c2cccc3c(N(CC4CC4)C4CCOCC4)c(OC)nn23)c(OC)c1. The molecule has 2 aromatic heterocycles. The Balaban J connectivity index is 1.68. The summed E-state index contributed by atoms with van der Waals surface area (Å²) in [5.41, 5.74) is 5.17. The van der Waals surface area contributed by atoms with Gasteiger partial charge < -0.3 is 23.8 Å². The standard InChI is InChI=1S/C26H33N3O4/c1-17-14-20(30-2)15-23(31-3)24(17)21-6-5-7-22-25(26(32-4)27-29(21)22)28(16-18-8-9-18)19-10-12-33-13-11-19/h5-7,14-15,18-19H,8-13,16H2,1-4H3. The lowest BCUT2D eigenvalue weighted by Gasteiger charge is -2.36. The van der Waals surface area contributed by atoms with E-state index < -0.39 is 0 Å². The minimum Gasteiger partial charge on any atom is -0.497 e. The molecule has 176 valence electrons. The van der Waals surface area contributed by atoms with Crippen molar-refractivity contribution in [3.05, 3.63) is 35.9 Å². The van der Waals surface area contributed by atoms with Gasteiger partial charge in [-0.25, -0.2) is 4.52 Å². The Bertz CT molecular complexity index is 1130. The van der Waals surface area contributed by atoms with E-state index in [9.17, 15) is 0 Å². The van der Waals surface area contributed by atoms with Crippen molar-refractivity contribution in [2.24, 2.45) is 5.92 Å². The van der Waals surface area contributed by atoms with Gasteiger partial charge in [-0.3, -0.25) is 0 Å². The number of anilines is 1. The first kappa shape index (κ1) is 21.9. The van der Waals surface area contributed by atoms with Crippen LogP contribution >= 0.6 is 0 Å². The van der Waals surface area contributed by atoms with Gasteiger partial charge in [0.15, 0.2) is 0 Å². The number of benzene rings is 1. The van der Waals surface area contributed by atoms with Crippen molar-refractivity contribution >= 4 is 11.2 Å². The molecule has 0 radical (unpaired) electrons. The lowest BCUT2D eigenvalue weighted by Crippen LogP contribution is -2.41. The number of methoxy groups -OCH3 is 3. The number of rotatable bonds is 8. The average Bonchev–Trinajstić information content (AvgIpc) is 3.60. The van der Waals surface area contributed by atoms with E-state index in [-0.39, 0.29) is 0 Å². The highest BCUT2D eigenvalue weighted by Gasteiger charge is 2.33. The van der Waals surface area contributed by atoms with Crippen molar-refractivity contribution in [2.75, 3.05) is 46.0 Å². The second kappa shape index (κ2) is 9.14. The highest BCUT2D eigenvalue weighted by Crippen LogP contribution is 2.43. The zero-order valence-electron chi connectivity index (χ0n) is 20.0. The van der Waals surface area contributed by atoms with Gasteiger partial charge in [0.25, 0.3) is 5.88 Å². The lowest BCUT2D eigenvalue weighted by molar-refractivity contribution is 0.0841. The molecule has 1 aromatic carbocycles. The van der Waals surface area contributed by atoms with Crippen LogP contribution in [-0.2, 0) is 4.74 Å². The van der Waals surface area contributed by atoms with Crippen LogP contribution in [0.2, 0.25) is 0 Å². The second-order valence-corrected chi connectivity index (χ2v) is 9.03. The molecule has 0 unspecified atom stereocenters. The molecular formula is C26H33N3O4. The molecule has 1 aliphatic carbocycles. The maximum Gasteiger partial charge on any atom is 0.257 e. The van der Waals surface area contributed by atoms with Gasteiger partial charge in [-0.15, -0.1) is 5.10 Å². The summed E-state index contributed by atoms with van der Waals surface area (Å²) < 4.78 is 24.8. The third-order valence-corrected chi connectivity index (χ3v) is 6.85. The molecule has 2 fully saturated rings. The van der Waals surface area contributed by atoms with Crippen LogP contribution in [0.4, 0.5) is 5.69 Å². The van der Waals surface area contributed by atoms with E-state index in [0.29, 0.717) is 11.9 Å². The van der Waals surface area contributed by atoms with Gasteiger partial charge in [0.05, 0.1) is 32.5 Å². The Morgan fingerprint density at radius 1 is 1.03 bits per heavy atom. The fourth-order valence-electron chi connectivity index (χ4n) is 4.96. The minimum atomic E-state index is 0.433. The number of hydrogen-bond acceptors (Lipinski definition) is 6. The molecule has 0 N–H and O–H groups in total. The molecule has 1 aliphatic heterocycles. The summed E-state index contributed by atoms with van der Waals surface area (Å²) in [5.74, 6) is 2.95. The zero-order valence-corrected chi connectivity index (χ0v) is 20.0. The number of aromatic nitrogens is 2. The van der Waals surface area contributed by atoms with Gasteiger partial charge in [0.1, 0.15) is 17.2 Å². The van der Waals surface area contributed by atoms with E-state index in [4.69, 9.17) is 24.0 Å². The molecule has 7 nitrogen and oxygen atoms in total. The first-order valence-electron chi connectivity index (χ1n) is 11.8. The molecule has 1 saturated heterocycles. The van der Waals surface area contributed by atoms with Crippen LogP contribution in [0, 0.1) is 12.8 Å². The zero-order chi connectivity index (χ0) is 22.9. The molecule has 2 aliphatic rings. The van der Waals surface area contributed by atoms with E-state index in [0.717, 1.165) is 78.0 Å². The maximum atomic E-state index is 5.86. The molecular weight excluding hydrogens is 418 g/mol. The molecule has 1 saturated carbocycles. The fraction of sp³-hybridized carbons (Fsp3) is 0.500. The van der Waals surface area contributed by atoms with Gasteiger partial charge in [0, 0.05) is 37.4 Å². The second-order valence-electron chi connectivity index (χ2n) is 9.03. The van der Waals surface area contributed by atoms with Crippen molar-refractivity contribution in [1.82, 2.24) is 9.61 Å². The van der Waals surface area contributed by atoms with Gasteiger partial charge in [0.2, 0.25) is 0 Å². The van der Waals surface area contributed by atoms with Crippen molar-refractivity contribution in [3.63, 3.8) is 0 Å². The Labute approximate surface area is 195 Å². The number of fused-ring (bicyclic) bond motifs is 1. The molecule has 7 heteroatoms. The lowest BCUT2D eigenvalue weighted by atomic mass is 10.0. The summed E-state index contributed by atoms with van der Waals surface area (Å²) in [6.45, 7) is 4.72. The molecule has 0 atom stereocenters. The first-order valence-corrected chi connectivity index (χ1v) is 11.8. The van der Waals surface area contributed by atoms with Gasteiger partial charge >= 0.3 is 0 Å². The minimum absolute atomic E-state index is 0.433. The van der Waals surface area contributed by atoms with Crippen LogP contribution in [-0.4, -0.2) is 56.7 Å². The Morgan fingerprint density at radius 2 is 1.82 bits per heavy atom. The number of aryl methyl sites for hydroxylation is 1. The topological polar surface area (TPSA) is 57.5 Å². The maximum absolute atomic E-state index is 5.86. The summed E-state index contributed by atoms with van der Waals surface area (Å²) in [4.78, 5) is 2.54. The summed E-state index contributed by atoms with van der Waals surface area (Å²) in [6, 6.07) is 10.7. The molecule has 5 rings (SSSR count). The first-order chi connectivity index (χ1) is 16.1. The summed E-state index contributed by atoms with van der Waals surface area (Å²) in [6.07, 6.45) is 4.65. The third-order valence-electron chi connectivity index (χ3n) is 6.85. The predicted octanol–water partition coefficient (Wildman–Crippen LogP) is 4.73. The van der Waals surface area contributed by atoms with E-state index in [1.807, 2.05) is 16.6 Å². The number of ether oxygens (including phenoxy) is 4. The van der Waals surface area contributed by atoms with E-state index in [2.05, 4.69) is 30.0 Å². The van der Waals surface area contributed by atoms with Crippen molar-refractivity contribution in [1.29, 1.82) is 0 Å². The van der Waals surface area contributed by atoms with Crippen LogP contribution in [0.25, 0.3) is 16.8 Å². The van der Waals surface area contributed by atoms with Gasteiger partial charge in [-0.05, 0) is 62.3 Å². The molecule has 0 spiro atoms. The monoisotopic (exact) mass is 451 g/mol. The van der Waals surface area contributed by atoms with E-state index in [1.54, 1.807) is 21.3 Å². The largest absolute Gasteiger partial charge is 0.497 e.